The van der Waals surface area contributed by atoms with Crippen molar-refractivity contribution in [2.75, 3.05) is 33.9 Å². The molecule has 7 nitrogen and oxygen atoms in total. The second-order valence-electron chi connectivity index (χ2n) is 4.75. The summed E-state index contributed by atoms with van der Waals surface area (Å²) in [5.41, 5.74) is 0. The molecule has 0 fully saturated rings. The van der Waals surface area contributed by atoms with Crippen molar-refractivity contribution in [3.8, 4) is 0 Å². The summed E-state index contributed by atoms with van der Waals surface area (Å²) < 4.78 is 26.5. The minimum atomic E-state index is -3.92. The lowest BCUT2D eigenvalue weighted by molar-refractivity contribution is -0.880. The van der Waals surface area contributed by atoms with Crippen molar-refractivity contribution < 1.29 is 32.1 Å². The maximum absolute atomic E-state index is 10.9. The highest BCUT2D eigenvalue weighted by Crippen LogP contribution is 2.18. The number of hydrogen-bond acceptors (Lipinski definition) is 5. The second kappa shape index (κ2) is 4.66. The molecule has 2 N–H and O–H groups in total. The average molecular weight is 256 g/mol. The van der Waals surface area contributed by atoms with Gasteiger partial charge in [0.25, 0.3) is 10.1 Å². The molecule has 96 valence electrons. The summed E-state index contributed by atoms with van der Waals surface area (Å²) in [6.45, 7) is -0.160. The van der Waals surface area contributed by atoms with Gasteiger partial charge < -0.3 is 14.7 Å². The van der Waals surface area contributed by atoms with E-state index >= 15 is 0 Å². The summed E-state index contributed by atoms with van der Waals surface area (Å²) >= 11 is 0. The second-order valence-corrected chi connectivity index (χ2v) is 6.33. The summed E-state index contributed by atoms with van der Waals surface area (Å²) in [6, 6.07) is 0. The summed E-state index contributed by atoms with van der Waals surface area (Å²) in [7, 11) is 1.11. The fourth-order valence-electron chi connectivity index (χ4n) is 1.37. The topological polar surface area (TPSA) is 101 Å². The van der Waals surface area contributed by atoms with Crippen LogP contribution in [0.3, 0.4) is 0 Å². The van der Waals surface area contributed by atoms with Gasteiger partial charge in [-0.3, -0.25) is 4.79 Å². The highest BCUT2D eigenvalue weighted by molar-refractivity contribution is 7.86. The van der Waals surface area contributed by atoms with Crippen molar-refractivity contribution in [2.45, 2.75) is 12.2 Å². The number of carbonyl (C=O) groups is 1. The predicted octanol–water partition coefficient (Wildman–Crippen LogP) is -1.17. The van der Waals surface area contributed by atoms with Crippen LogP contribution in [-0.2, 0) is 19.1 Å². The average Bonchev–Trinajstić information content (AvgIpc) is 1.69. The summed E-state index contributed by atoms with van der Waals surface area (Å²) in [5, 5.41) is 18.5. The van der Waals surface area contributed by atoms with E-state index < -0.39 is 28.3 Å². The lowest BCUT2D eigenvalue weighted by Crippen LogP contribution is -2.52. The largest absolute Gasteiger partial charge is 0.481 e. The Bertz CT molecular complexity index is 357. The molecule has 0 aromatic carbocycles. The maximum atomic E-state index is 10.9. The quantitative estimate of drug-likeness (QED) is 0.353. The minimum absolute atomic E-state index is 0.160. The van der Waals surface area contributed by atoms with Crippen LogP contribution in [0, 0.1) is 0 Å². The number of carboxylic acid groups (broad SMARTS) is 1. The molecule has 0 aliphatic rings. The Balaban J connectivity index is 4.96. The Kier molecular flexibility index (Phi) is 4.46. The van der Waals surface area contributed by atoms with Crippen molar-refractivity contribution in [1.29, 1.82) is 0 Å². The van der Waals surface area contributed by atoms with E-state index in [9.17, 15) is 18.3 Å². The van der Waals surface area contributed by atoms with E-state index in [0.717, 1.165) is 6.26 Å². The number of carboxylic acids is 1. The van der Waals surface area contributed by atoms with Crippen LogP contribution in [0.1, 0.15) is 6.42 Å². The van der Waals surface area contributed by atoms with Crippen molar-refractivity contribution >= 4 is 16.1 Å². The Hall–Kier alpha value is -0.700. The first-order chi connectivity index (χ1) is 6.83. The molecule has 0 rings (SSSR count). The SMILES string of the molecule is C[N+](C)(C)CC(O)(CC(=O)O)OS(C)(=O)=O. The van der Waals surface area contributed by atoms with Gasteiger partial charge in [-0.25, -0.2) is 4.18 Å². The first-order valence-electron chi connectivity index (χ1n) is 4.48. The lowest BCUT2D eigenvalue weighted by Gasteiger charge is -2.33. The van der Waals surface area contributed by atoms with Crippen molar-refractivity contribution in [3.63, 3.8) is 0 Å². The van der Waals surface area contributed by atoms with E-state index in [1.165, 1.54) is 0 Å². The van der Waals surface area contributed by atoms with Gasteiger partial charge in [0.05, 0.1) is 27.4 Å². The molecule has 1 atom stereocenters. The fourth-order valence-corrected chi connectivity index (χ4v) is 2.05. The number of likely N-dealkylation sites (N-methyl/N-ethyl adjacent to an activating group) is 1. The standard InChI is InChI=1S/C8H17NO6S/c1-9(2,3)6-8(12,5-7(10)11)15-16(4,13)14/h12H,5-6H2,1-4H3/p+1. The Labute approximate surface area is 95.0 Å². The molecule has 0 saturated carbocycles. The fraction of sp³-hybridized carbons (Fsp3) is 0.875. The van der Waals surface area contributed by atoms with Gasteiger partial charge in [-0.15, -0.1) is 0 Å². The molecular weight excluding hydrogens is 238 g/mol. The van der Waals surface area contributed by atoms with Gasteiger partial charge >= 0.3 is 5.97 Å². The normalized spacial score (nSPS) is 16.8. The molecule has 0 aliphatic heterocycles. The van der Waals surface area contributed by atoms with Gasteiger partial charge in [0.1, 0.15) is 13.0 Å². The smallest absolute Gasteiger partial charge is 0.309 e. The molecule has 1 unspecified atom stereocenters. The molecule has 8 heteroatoms. The van der Waals surface area contributed by atoms with Gasteiger partial charge in [-0.05, 0) is 0 Å². The Morgan fingerprint density at radius 3 is 2.06 bits per heavy atom. The van der Waals surface area contributed by atoms with Crippen LogP contribution in [0.25, 0.3) is 0 Å². The molecule has 16 heavy (non-hydrogen) atoms. The van der Waals surface area contributed by atoms with Crippen LogP contribution >= 0.6 is 0 Å². The van der Waals surface area contributed by atoms with E-state index in [2.05, 4.69) is 4.18 Å². The molecular formula is C8H18NO6S+. The molecule has 0 heterocycles. The van der Waals surface area contributed by atoms with Crippen LogP contribution < -0.4 is 0 Å². The van der Waals surface area contributed by atoms with Crippen molar-refractivity contribution in [3.05, 3.63) is 0 Å². The van der Waals surface area contributed by atoms with Crippen LogP contribution in [0.5, 0.6) is 0 Å². The summed E-state index contributed by atoms with van der Waals surface area (Å²) in [6.07, 6.45) is -0.0366. The number of aliphatic carboxylic acids is 1. The molecule has 0 spiro atoms. The molecule has 0 aromatic rings. The van der Waals surface area contributed by atoms with E-state index in [4.69, 9.17) is 5.11 Å². The Morgan fingerprint density at radius 2 is 1.81 bits per heavy atom. The van der Waals surface area contributed by atoms with E-state index in [0.29, 0.717) is 0 Å². The van der Waals surface area contributed by atoms with Crippen molar-refractivity contribution in [2.24, 2.45) is 0 Å². The predicted molar refractivity (Wildman–Crippen MR) is 56.0 cm³/mol. The molecule has 0 aromatic heterocycles. The number of quaternary nitrogens is 1. The third-order valence-electron chi connectivity index (χ3n) is 1.46. The molecule has 0 amide bonds. The van der Waals surface area contributed by atoms with Gasteiger partial charge in [-0.2, -0.15) is 8.42 Å². The number of rotatable bonds is 6. The number of nitrogens with zero attached hydrogens (tertiary/aromatic N) is 1. The molecule has 0 saturated heterocycles. The zero-order valence-corrected chi connectivity index (χ0v) is 10.6. The zero-order valence-electron chi connectivity index (χ0n) is 9.80. The van der Waals surface area contributed by atoms with Gasteiger partial charge in [0.15, 0.2) is 0 Å². The molecule has 0 aliphatic carbocycles. The van der Waals surface area contributed by atoms with Crippen LogP contribution in [-0.4, -0.2) is 68.8 Å². The Morgan fingerprint density at radius 1 is 1.38 bits per heavy atom. The molecule has 0 radical (unpaired) electrons. The van der Waals surface area contributed by atoms with Crippen LogP contribution in [0.2, 0.25) is 0 Å². The van der Waals surface area contributed by atoms with Gasteiger partial charge in [0, 0.05) is 0 Å². The van der Waals surface area contributed by atoms with Crippen LogP contribution in [0.15, 0.2) is 0 Å². The minimum Gasteiger partial charge on any atom is -0.481 e. The third-order valence-corrected chi connectivity index (χ3v) is 2.07. The van der Waals surface area contributed by atoms with Gasteiger partial charge in [-0.1, -0.05) is 0 Å². The van der Waals surface area contributed by atoms with Crippen molar-refractivity contribution in [1.82, 2.24) is 0 Å². The highest BCUT2D eigenvalue weighted by Gasteiger charge is 2.40. The number of aliphatic hydroxyl groups is 1. The maximum Gasteiger partial charge on any atom is 0.309 e. The summed E-state index contributed by atoms with van der Waals surface area (Å²) in [4.78, 5) is 10.5. The van der Waals surface area contributed by atoms with E-state index in [-0.39, 0.29) is 11.0 Å². The number of hydrogen-bond donors (Lipinski definition) is 2. The van der Waals surface area contributed by atoms with Crippen LogP contribution in [0.4, 0.5) is 0 Å². The van der Waals surface area contributed by atoms with E-state index in [1.807, 2.05) is 0 Å². The van der Waals surface area contributed by atoms with Gasteiger partial charge in [0.2, 0.25) is 5.79 Å². The monoisotopic (exact) mass is 256 g/mol. The van der Waals surface area contributed by atoms with E-state index in [1.54, 1.807) is 21.1 Å². The highest BCUT2D eigenvalue weighted by atomic mass is 32.2. The first-order valence-corrected chi connectivity index (χ1v) is 6.30. The third kappa shape index (κ3) is 7.57. The summed E-state index contributed by atoms with van der Waals surface area (Å²) in [5.74, 6) is -3.56. The zero-order chi connectivity index (χ0) is 13.2. The lowest BCUT2D eigenvalue weighted by atomic mass is 10.2. The first kappa shape index (κ1) is 15.3. The molecule has 0 bridgehead atoms.